The summed E-state index contributed by atoms with van der Waals surface area (Å²) in [6, 6.07) is 8.71. The predicted octanol–water partition coefficient (Wildman–Crippen LogP) is 3.00. The summed E-state index contributed by atoms with van der Waals surface area (Å²) in [4.78, 5) is 19.2. The zero-order valence-corrected chi connectivity index (χ0v) is 21.9. The van der Waals surface area contributed by atoms with Crippen LogP contribution in [0.4, 0.5) is 0 Å². The Labute approximate surface area is 204 Å². The van der Waals surface area contributed by atoms with Crippen LogP contribution in [0.15, 0.2) is 29.3 Å². The van der Waals surface area contributed by atoms with E-state index in [1.165, 1.54) is 0 Å². The van der Waals surface area contributed by atoms with E-state index in [2.05, 4.69) is 53.5 Å². The standard InChI is InChI=1S/C23H39N5O2.HI/c1-17(2)28(18(3)4)12-11-25-23(24-5)27-15-19-8-6-9-20(14-19)22(29)26-16-21-10-7-13-30-21;/h6,8-9,14,17-18,21H,7,10-13,15-16H2,1-5H3,(H,26,29)(H2,24,25,27);1H. The SMILES string of the molecule is CN=C(NCCN(C(C)C)C(C)C)NCc1cccc(C(=O)NCC2CCCO2)c1.I. The Morgan fingerprint density at radius 1 is 1.19 bits per heavy atom. The molecule has 31 heavy (non-hydrogen) atoms. The van der Waals surface area contributed by atoms with Gasteiger partial charge in [-0.25, -0.2) is 0 Å². The van der Waals surface area contributed by atoms with Crippen LogP contribution in [0.3, 0.4) is 0 Å². The van der Waals surface area contributed by atoms with E-state index in [0.717, 1.165) is 44.1 Å². The van der Waals surface area contributed by atoms with Gasteiger partial charge in [0.1, 0.15) is 0 Å². The average Bonchev–Trinajstić information content (AvgIpc) is 3.24. The van der Waals surface area contributed by atoms with Crippen molar-refractivity contribution in [2.45, 2.75) is 65.3 Å². The molecule has 8 heteroatoms. The number of hydrogen-bond donors (Lipinski definition) is 3. The summed E-state index contributed by atoms with van der Waals surface area (Å²) in [6.07, 6.45) is 2.24. The Hall–Kier alpha value is -1.39. The van der Waals surface area contributed by atoms with Gasteiger partial charge in [0, 0.05) is 57.5 Å². The van der Waals surface area contributed by atoms with Gasteiger partial charge in [-0.1, -0.05) is 12.1 Å². The van der Waals surface area contributed by atoms with E-state index in [0.29, 0.717) is 30.7 Å². The number of benzene rings is 1. The fourth-order valence-corrected chi connectivity index (χ4v) is 3.76. The number of hydrogen-bond acceptors (Lipinski definition) is 4. The lowest BCUT2D eigenvalue weighted by Gasteiger charge is -2.30. The molecule has 0 aromatic heterocycles. The van der Waals surface area contributed by atoms with Crippen LogP contribution in [0, 0.1) is 0 Å². The number of amides is 1. The van der Waals surface area contributed by atoms with Crippen molar-refractivity contribution in [2.24, 2.45) is 4.99 Å². The van der Waals surface area contributed by atoms with Gasteiger partial charge < -0.3 is 20.7 Å². The third kappa shape index (κ3) is 9.74. The van der Waals surface area contributed by atoms with Gasteiger partial charge in [0.15, 0.2) is 5.96 Å². The van der Waals surface area contributed by atoms with E-state index in [-0.39, 0.29) is 36.0 Å². The number of halogens is 1. The summed E-state index contributed by atoms with van der Waals surface area (Å²) in [5.41, 5.74) is 1.70. The fraction of sp³-hybridized carbons (Fsp3) is 0.652. The summed E-state index contributed by atoms with van der Waals surface area (Å²) < 4.78 is 5.57. The molecule has 1 aliphatic rings. The summed E-state index contributed by atoms with van der Waals surface area (Å²) in [7, 11) is 1.77. The quantitative estimate of drug-likeness (QED) is 0.240. The molecule has 1 heterocycles. The Balaban J connectivity index is 0.00000480. The summed E-state index contributed by atoms with van der Waals surface area (Å²) in [6.45, 7) is 12.6. The summed E-state index contributed by atoms with van der Waals surface area (Å²) >= 11 is 0. The molecule has 0 spiro atoms. The minimum absolute atomic E-state index is 0. The lowest BCUT2D eigenvalue weighted by atomic mass is 10.1. The maximum atomic E-state index is 12.4. The van der Waals surface area contributed by atoms with Crippen LogP contribution in [0.1, 0.15) is 56.5 Å². The molecule has 0 bridgehead atoms. The molecule has 1 aromatic rings. The van der Waals surface area contributed by atoms with E-state index in [1.807, 2.05) is 24.3 Å². The van der Waals surface area contributed by atoms with Crippen LogP contribution in [-0.2, 0) is 11.3 Å². The summed E-state index contributed by atoms with van der Waals surface area (Å²) in [5, 5.41) is 9.68. The Kier molecular flexibility index (Phi) is 13.0. The second-order valence-corrected chi connectivity index (χ2v) is 8.32. The van der Waals surface area contributed by atoms with E-state index in [4.69, 9.17) is 4.74 Å². The second kappa shape index (κ2) is 14.6. The minimum Gasteiger partial charge on any atom is -0.376 e. The van der Waals surface area contributed by atoms with Gasteiger partial charge in [0.05, 0.1) is 6.10 Å². The lowest BCUT2D eigenvalue weighted by Crippen LogP contribution is -2.45. The number of aliphatic imine (C=N–C) groups is 1. The highest BCUT2D eigenvalue weighted by atomic mass is 127. The first kappa shape index (κ1) is 27.6. The van der Waals surface area contributed by atoms with Crippen molar-refractivity contribution >= 4 is 35.8 Å². The molecule has 1 amide bonds. The van der Waals surface area contributed by atoms with Gasteiger partial charge in [-0.2, -0.15) is 0 Å². The smallest absolute Gasteiger partial charge is 0.251 e. The van der Waals surface area contributed by atoms with Gasteiger partial charge in [0.25, 0.3) is 5.91 Å². The molecule has 1 aliphatic heterocycles. The number of carbonyl (C=O) groups excluding carboxylic acids is 1. The van der Waals surface area contributed by atoms with Crippen LogP contribution >= 0.6 is 24.0 Å². The Morgan fingerprint density at radius 2 is 1.94 bits per heavy atom. The molecule has 176 valence electrons. The number of guanidine groups is 1. The molecule has 2 rings (SSSR count). The van der Waals surface area contributed by atoms with Crippen LogP contribution in [0.2, 0.25) is 0 Å². The lowest BCUT2D eigenvalue weighted by molar-refractivity contribution is 0.0857. The highest BCUT2D eigenvalue weighted by Gasteiger charge is 2.17. The Morgan fingerprint density at radius 3 is 2.55 bits per heavy atom. The van der Waals surface area contributed by atoms with E-state index in [1.54, 1.807) is 7.05 Å². The summed E-state index contributed by atoms with van der Waals surface area (Å²) in [5.74, 6) is 0.702. The highest BCUT2D eigenvalue weighted by Crippen LogP contribution is 2.11. The minimum atomic E-state index is -0.0580. The van der Waals surface area contributed by atoms with Crippen molar-refractivity contribution in [1.29, 1.82) is 0 Å². The molecular weight excluding hydrogens is 505 g/mol. The molecule has 1 atom stereocenters. The number of nitrogens with one attached hydrogen (secondary N) is 3. The van der Waals surface area contributed by atoms with Crippen LogP contribution in [-0.4, -0.2) is 68.2 Å². The molecule has 0 aliphatic carbocycles. The second-order valence-electron chi connectivity index (χ2n) is 8.32. The zero-order chi connectivity index (χ0) is 21.9. The molecule has 0 saturated carbocycles. The largest absolute Gasteiger partial charge is 0.376 e. The fourth-order valence-electron chi connectivity index (χ4n) is 3.76. The highest BCUT2D eigenvalue weighted by molar-refractivity contribution is 14.0. The molecule has 3 N–H and O–H groups in total. The van der Waals surface area contributed by atoms with Crippen molar-refractivity contribution in [3.63, 3.8) is 0 Å². The molecule has 1 saturated heterocycles. The van der Waals surface area contributed by atoms with Crippen molar-refractivity contribution in [3.8, 4) is 0 Å². The molecule has 1 aromatic carbocycles. The van der Waals surface area contributed by atoms with Gasteiger partial charge >= 0.3 is 0 Å². The van der Waals surface area contributed by atoms with Gasteiger partial charge in [-0.3, -0.25) is 14.7 Å². The zero-order valence-electron chi connectivity index (χ0n) is 19.6. The van der Waals surface area contributed by atoms with Crippen LogP contribution in [0.25, 0.3) is 0 Å². The maximum absolute atomic E-state index is 12.4. The van der Waals surface area contributed by atoms with Crippen molar-refractivity contribution in [3.05, 3.63) is 35.4 Å². The number of nitrogens with zero attached hydrogens (tertiary/aromatic N) is 2. The van der Waals surface area contributed by atoms with Crippen molar-refractivity contribution in [1.82, 2.24) is 20.9 Å². The first-order chi connectivity index (χ1) is 14.4. The van der Waals surface area contributed by atoms with Gasteiger partial charge in [-0.05, 0) is 58.2 Å². The molecule has 1 fully saturated rings. The molecule has 0 radical (unpaired) electrons. The molecular formula is C23H40IN5O2. The van der Waals surface area contributed by atoms with Crippen molar-refractivity contribution < 1.29 is 9.53 Å². The average molecular weight is 546 g/mol. The molecule has 7 nitrogen and oxygen atoms in total. The van der Waals surface area contributed by atoms with E-state index >= 15 is 0 Å². The number of rotatable bonds is 10. The van der Waals surface area contributed by atoms with Crippen molar-refractivity contribution in [2.75, 3.05) is 33.3 Å². The Bertz CT molecular complexity index is 682. The third-order valence-electron chi connectivity index (χ3n) is 5.38. The maximum Gasteiger partial charge on any atom is 0.251 e. The first-order valence-electron chi connectivity index (χ1n) is 11.1. The monoisotopic (exact) mass is 545 g/mol. The number of carbonyl (C=O) groups is 1. The third-order valence-corrected chi connectivity index (χ3v) is 5.38. The van der Waals surface area contributed by atoms with Gasteiger partial charge in [-0.15, -0.1) is 24.0 Å². The van der Waals surface area contributed by atoms with Gasteiger partial charge in [0.2, 0.25) is 0 Å². The number of ether oxygens (including phenoxy) is 1. The topological polar surface area (TPSA) is 78.0 Å². The predicted molar refractivity (Wildman–Crippen MR) is 138 cm³/mol. The first-order valence-corrected chi connectivity index (χ1v) is 11.1. The van der Waals surface area contributed by atoms with Crippen LogP contribution in [0.5, 0.6) is 0 Å². The molecule has 1 unspecified atom stereocenters. The normalized spacial score (nSPS) is 16.5. The van der Waals surface area contributed by atoms with Crippen LogP contribution < -0.4 is 16.0 Å². The van der Waals surface area contributed by atoms with E-state index in [9.17, 15) is 4.79 Å². The van der Waals surface area contributed by atoms with E-state index < -0.39 is 0 Å².